The molecule has 0 unspecified atom stereocenters. The molecule has 0 bridgehead atoms. The summed E-state index contributed by atoms with van der Waals surface area (Å²) in [6.07, 6.45) is -0.367. The standard InChI is InChI=1S/C13H24O3/c1-8(2)13(9(3)4,10(5)6)11(14)7-12(15)16/h8-10H,7H2,1-6H3,(H,15,16). The predicted octanol–water partition coefficient (Wildman–Crippen LogP) is 2.98. The van der Waals surface area contributed by atoms with Gasteiger partial charge in [0.1, 0.15) is 6.42 Å². The fourth-order valence-electron chi connectivity index (χ4n) is 3.26. The molecule has 0 aliphatic heterocycles. The lowest BCUT2D eigenvalue weighted by Gasteiger charge is -2.43. The summed E-state index contributed by atoms with van der Waals surface area (Å²) in [5.74, 6) is -0.714. The maximum Gasteiger partial charge on any atom is 0.310 e. The maximum atomic E-state index is 12.2. The SMILES string of the molecule is CC(C)C(C(=O)CC(=O)O)(C(C)C)C(C)C. The highest BCUT2D eigenvalue weighted by atomic mass is 16.4. The van der Waals surface area contributed by atoms with E-state index in [2.05, 4.69) is 0 Å². The van der Waals surface area contributed by atoms with Crippen LogP contribution < -0.4 is 0 Å². The number of rotatable bonds is 6. The second-order valence-electron chi connectivity index (χ2n) is 5.39. The van der Waals surface area contributed by atoms with E-state index in [1.807, 2.05) is 41.5 Å². The van der Waals surface area contributed by atoms with Crippen molar-refractivity contribution < 1.29 is 14.7 Å². The maximum absolute atomic E-state index is 12.2. The topological polar surface area (TPSA) is 54.4 Å². The van der Waals surface area contributed by atoms with Crippen molar-refractivity contribution in [2.75, 3.05) is 0 Å². The number of hydrogen-bond acceptors (Lipinski definition) is 2. The van der Waals surface area contributed by atoms with Crippen molar-refractivity contribution in [1.82, 2.24) is 0 Å². The van der Waals surface area contributed by atoms with Gasteiger partial charge in [0, 0.05) is 5.41 Å². The number of carbonyl (C=O) groups is 2. The minimum Gasteiger partial charge on any atom is -0.481 e. The van der Waals surface area contributed by atoms with E-state index in [0.717, 1.165) is 0 Å². The van der Waals surface area contributed by atoms with Crippen molar-refractivity contribution >= 4 is 11.8 Å². The van der Waals surface area contributed by atoms with E-state index in [1.165, 1.54) is 0 Å². The minimum atomic E-state index is -1.03. The first-order valence-electron chi connectivity index (χ1n) is 5.92. The van der Waals surface area contributed by atoms with Gasteiger partial charge in [-0.2, -0.15) is 0 Å². The van der Waals surface area contributed by atoms with Crippen LogP contribution in [0.3, 0.4) is 0 Å². The van der Waals surface area contributed by atoms with Crippen LogP contribution in [-0.4, -0.2) is 16.9 Å². The highest BCUT2D eigenvalue weighted by Gasteiger charge is 2.46. The molecule has 0 atom stereocenters. The van der Waals surface area contributed by atoms with E-state index in [-0.39, 0.29) is 30.0 Å². The Morgan fingerprint density at radius 1 is 0.938 bits per heavy atom. The summed E-state index contributed by atoms with van der Waals surface area (Å²) in [5.41, 5.74) is -0.529. The molecule has 0 rings (SSSR count). The van der Waals surface area contributed by atoms with E-state index in [1.54, 1.807) is 0 Å². The van der Waals surface area contributed by atoms with Crippen molar-refractivity contribution in [3.8, 4) is 0 Å². The van der Waals surface area contributed by atoms with Crippen LogP contribution in [0.2, 0.25) is 0 Å². The summed E-state index contributed by atoms with van der Waals surface area (Å²) < 4.78 is 0. The molecule has 16 heavy (non-hydrogen) atoms. The highest BCUT2D eigenvalue weighted by molar-refractivity contribution is 5.98. The molecule has 0 amide bonds. The first-order chi connectivity index (χ1) is 7.17. The number of carboxylic acids is 1. The van der Waals surface area contributed by atoms with Crippen LogP contribution in [0.25, 0.3) is 0 Å². The van der Waals surface area contributed by atoms with Crippen LogP contribution in [0.15, 0.2) is 0 Å². The number of aliphatic carboxylic acids is 1. The molecule has 0 aliphatic rings. The molecule has 0 radical (unpaired) electrons. The van der Waals surface area contributed by atoms with Gasteiger partial charge in [-0.05, 0) is 17.8 Å². The smallest absolute Gasteiger partial charge is 0.310 e. The number of carbonyl (C=O) groups excluding carboxylic acids is 1. The summed E-state index contributed by atoms with van der Waals surface area (Å²) in [5, 5.41) is 8.77. The summed E-state index contributed by atoms with van der Waals surface area (Å²) >= 11 is 0. The fourth-order valence-corrected chi connectivity index (χ4v) is 3.26. The number of ketones is 1. The molecule has 3 nitrogen and oxygen atoms in total. The van der Waals surface area contributed by atoms with Crippen molar-refractivity contribution in [2.24, 2.45) is 23.2 Å². The molecule has 0 fully saturated rings. The monoisotopic (exact) mass is 228 g/mol. The summed E-state index contributed by atoms with van der Waals surface area (Å²) in [6, 6.07) is 0. The summed E-state index contributed by atoms with van der Waals surface area (Å²) in [7, 11) is 0. The Bertz CT molecular complexity index is 243. The van der Waals surface area contributed by atoms with Crippen molar-refractivity contribution in [1.29, 1.82) is 0 Å². The highest BCUT2D eigenvalue weighted by Crippen LogP contribution is 2.44. The Balaban J connectivity index is 5.35. The Morgan fingerprint density at radius 2 is 1.25 bits per heavy atom. The third-order valence-electron chi connectivity index (χ3n) is 3.66. The van der Waals surface area contributed by atoms with Crippen LogP contribution in [0.1, 0.15) is 48.0 Å². The molecule has 94 valence electrons. The van der Waals surface area contributed by atoms with Crippen LogP contribution in [0.5, 0.6) is 0 Å². The van der Waals surface area contributed by atoms with E-state index < -0.39 is 11.4 Å². The second-order valence-corrected chi connectivity index (χ2v) is 5.39. The fraction of sp³-hybridized carbons (Fsp3) is 0.846. The molecule has 0 saturated heterocycles. The van der Waals surface area contributed by atoms with Gasteiger partial charge in [0.05, 0.1) is 0 Å². The number of carboxylic acid groups (broad SMARTS) is 1. The molecule has 0 spiro atoms. The first kappa shape index (κ1) is 15.1. The molecule has 3 heteroatoms. The van der Waals surface area contributed by atoms with Gasteiger partial charge in [0.15, 0.2) is 5.78 Å². The molecule has 0 aromatic carbocycles. The lowest BCUT2D eigenvalue weighted by Crippen LogP contribution is -2.46. The molecule has 0 saturated carbocycles. The third-order valence-corrected chi connectivity index (χ3v) is 3.66. The van der Waals surface area contributed by atoms with E-state index in [9.17, 15) is 9.59 Å². The lowest BCUT2D eigenvalue weighted by atomic mass is 9.59. The zero-order valence-corrected chi connectivity index (χ0v) is 11.2. The number of hydrogen-bond donors (Lipinski definition) is 1. The molecule has 0 heterocycles. The molecule has 0 aromatic rings. The van der Waals surface area contributed by atoms with Crippen molar-refractivity contribution in [3.63, 3.8) is 0 Å². The van der Waals surface area contributed by atoms with Crippen molar-refractivity contribution in [2.45, 2.75) is 48.0 Å². The van der Waals surface area contributed by atoms with Gasteiger partial charge in [0.2, 0.25) is 0 Å². The average Bonchev–Trinajstić information content (AvgIpc) is 1.99. The van der Waals surface area contributed by atoms with E-state index in [0.29, 0.717) is 0 Å². The van der Waals surface area contributed by atoms with E-state index in [4.69, 9.17) is 5.11 Å². The number of Topliss-reactive ketones (excluding diaryl/α,β-unsaturated/α-hetero) is 1. The van der Waals surface area contributed by atoms with Crippen LogP contribution >= 0.6 is 0 Å². The Kier molecular flexibility index (Phi) is 5.17. The molecule has 0 aliphatic carbocycles. The largest absolute Gasteiger partial charge is 0.481 e. The summed E-state index contributed by atoms with van der Waals surface area (Å²) in [4.78, 5) is 22.9. The normalized spacial score (nSPS) is 12.6. The summed E-state index contributed by atoms with van der Waals surface area (Å²) in [6.45, 7) is 12.0. The van der Waals surface area contributed by atoms with Gasteiger partial charge in [-0.3, -0.25) is 9.59 Å². The zero-order valence-electron chi connectivity index (χ0n) is 11.2. The first-order valence-corrected chi connectivity index (χ1v) is 5.92. The Labute approximate surface area is 98.2 Å². The Morgan fingerprint density at radius 3 is 1.44 bits per heavy atom. The van der Waals surface area contributed by atoms with Crippen molar-refractivity contribution in [3.05, 3.63) is 0 Å². The quantitative estimate of drug-likeness (QED) is 0.711. The third kappa shape index (κ3) is 2.63. The second kappa shape index (κ2) is 5.46. The molecule has 0 aromatic heterocycles. The van der Waals surface area contributed by atoms with Gasteiger partial charge in [-0.15, -0.1) is 0 Å². The van der Waals surface area contributed by atoms with Crippen LogP contribution in [0, 0.1) is 23.2 Å². The molecular weight excluding hydrogens is 204 g/mol. The predicted molar refractivity (Wildman–Crippen MR) is 64.2 cm³/mol. The van der Waals surface area contributed by atoms with Gasteiger partial charge >= 0.3 is 5.97 Å². The van der Waals surface area contributed by atoms with Gasteiger partial charge in [-0.1, -0.05) is 41.5 Å². The van der Waals surface area contributed by atoms with Gasteiger partial charge < -0.3 is 5.11 Å². The van der Waals surface area contributed by atoms with Crippen LogP contribution in [-0.2, 0) is 9.59 Å². The lowest BCUT2D eigenvalue weighted by molar-refractivity contribution is -0.147. The minimum absolute atomic E-state index is 0.139. The molecule has 1 N–H and O–H groups in total. The molecular formula is C13H24O3. The average molecular weight is 228 g/mol. The Hall–Kier alpha value is -0.860. The van der Waals surface area contributed by atoms with E-state index >= 15 is 0 Å². The zero-order chi connectivity index (χ0) is 13.1. The van der Waals surface area contributed by atoms with Crippen LogP contribution in [0.4, 0.5) is 0 Å². The van der Waals surface area contributed by atoms with Gasteiger partial charge in [0.25, 0.3) is 0 Å². The van der Waals surface area contributed by atoms with Gasteiger partial charge in [-0.25, -0.2) is 0 Å².